The number of hydrogen-bond acceptors (Lipinski definition) is 4. The van der Waals surface area contributed by atoms with Gasteiger partial charge in [0, 0.05) is 12.1 Å². The second-order valence-corrected chi connectivity index (χ2v) is 4.73. The van der Waals surface area contributed by atoms with E-state index in [2.05, 4.69) is 24.2 Å². The van der Waals surface area contributed by atoms with Crippen molar-refractivity contribution < 1.29 is 9.26 Å². The van der Waals surface area contributed by atoms with Crippen molar-refractivity contribution in [2.45, 2.75) is 39.3 Å². The summed E-state index contributed by atoms with van der Waals surface area (Å²) in [7, 11) is 0. The first-order valence-corrected chi connectivity index (χ1v) is 6.57. The summed E-state index contributed by atoms with van der Waals surface area (Å²) in [6.45, 7) is 4.38. The van der Waals surface area contributed by atoms with Gasteiger partial charge in [-0.25, -0.2) is 0 Å². The Labute approximate surface area is 113 Å². The molecule has 1 heterocycles. The van der Waals surface area contributed by atoms with E-state index in [-0.39, 0.29) is 6.04 Å². The van der Waals surface area contributed by atoms with E-state index in [1.54, 1.807) is 0 Å². The third-order valence-electron chi connectivity index (χ3n) is 3.01. The maximum absolute atomic E-state index is 5.93. The number of rotatable bonds is 6. The molecule has 1 aromatic heterocycles. The summed E-state index contributed by atoms with van der Waals surface area (Å²) < 4.78 is 10.6. The molecule has 1 aromatic carbocycles. The lowest BCUT2D eigenvalue weighted by atomic mass is 10.0. The summed E-state index contributed by atoms with van der Waals surface area (Å²) in [5.74, 6) is 1.62. The molecule has 0 saturated heterocycles. The molecule has 0 aliphatic rings. The average molecular weight is 260 g/mol. The normalized spacial score (nSPS) is 12.4. The van der Waals surface area contributed by atoms with E-state index in [0.717, 1.165) is 30.0 Å². The number of aryl methyl sites for hydroxylation is 1. The Bertz CT molecular complexity index is 505. The molecule has 2 N–H and O–H groups in total. The van der Waals surface area contributed by atoms with Gasteiger partial charge >= 0.3 is 0 Å². The minimum Gasteiger partial charge on any atom is -0.487 e. The fourth-order valence-corrected chi connectivity index (χ4v) is 1.81. The van der Waals surface area contributed by atoms with Crippen LogP contribution in [0.25, 0.3) is 0 Å². The highest BCUT2D eigenvalue weighted by molar-refractivity contribution is 5.28. The zero-order chi connectivity index (χ0) is 13.7. The maximum Gasteiger partial charge on any atom is 0.134 e. The summed E-state index contributed by atoms with van der Waals surface area (Å²) >= 11 is 0. The van der Waals surface area contributed by atoms with Crippen molar-refractivity contribution >= 4 is 0 Å². The van der Waals surface area contributed by atoms with Gasteiger partial charge in [-0.1, -0.05) is 24.2 Å². The van der Waals surface area contributed by atoms with E-state index in [0.29, 0.717) is 6.61 Å². The Morgan fingerprint density at radius 1 is 1.32 bits per heavy atom. The van der Waals surface area contributed by atoms with Crippen LogP contribution in [0.1, 0.15) is 30.4 Å². The van der Waals surface area contributed by atoms with E-state index in [1.165, 1.54) is 5.56 Å². The van der Waals surface area contributed by atoms with Gasteiger partial charge in [0.2, 0.25) is 0 Å². The molecular weight excluding hydrogens is 240 g/mol. The zero-order valence-electron chi connectivity index (χ0n) is 11.4. The van der Waals surface area contributed by atoms with Crippen molar-refractivity contribution in [2.24, 2.45) is 5.73 Å². The molecule has 19 heavy (non-hydrogen) atoms. The lowest BCUT2D eigenvalue weighted by Gasteiger charge is -2.09. The van der Waals surface area contributed by atoms with Crippen LogP contribution in [0.4, 0.5) is 0 Å². The maximum atomic E-state index is 5.93. The molecule has 0 spiro atoms. The summed E-state index contributed by atoms with van der Waals surface area (Å²) in [5.41, 5.74) is 7.97. The standard InChI is InChI=1S/C15H20N2O2/c1-3-13(16)9-12-4-6-15(7-5-12)18-10-14-8-11(2)19-17-14/h4-8,13H,3,9-10,16H2,1-2H3. The molecule has 2 aromatic rings. The van der Waals surface area contributed by atoms with Gasteiger partial charge in [-0.2, -0.15) is 0 Å². The molecule has 4 nitrogen and oxygen atoms in total. The second-order valence-electron chi connectivity index (χ2n) is 4.73. The molecule has 1 atom stereocenters. The Balaban J connectivity index is 1.88. The molecule has 1 unspecified atom stereocenters. The van der Waals surface area contributed by atoms with Gasteiger partial charge < -0.3 is 15.0 Å². The molecule has 0 radical (unpaired) electrons. The summed E-state index contributed by atoms with van der Waals surface area (Å²) in [6, 6.07) is 10.1. The Morgan fingerprint density at radius 2 is 2.05 bits per heavy atom. The molecule has 0 fully saturated rings. The molecule has 0 aliphatic carbocycles. The molecule has 0 aliphatic heterocycles. The molecule has 0 bridgehead atoms. The van der Waals surface area contributed by atoms with Gasteiger partial charge in [0.25, 0.3) is 0 Å². The number of ether oxygens (including phenoxy) is 1. The highest BCUT2D eigenvalue weighted by atomic mass is 16.5. The quantitative estimate of drug-likeness (QED) is 0.867. The Kier molecular flexibility index (Phi) is 4.58. The van der Waals surface area contributed by atoms with Gasteiger partial charge in [-0.3, -0.25) is 0 Å². The van der Waals surface area contributed by atoms with Gasteiger partial charge in [0.1, 0.15) is 23.8 Å². The van der Waals surface area contributed by atoms with Crippen LogP contribution >= 0.6 is 0 Å². The lowest BCUT2D eigenvalue weighted by Crippen LogP contribution is -2.21. The van der Waals surface area contributed by atoms with E-state index < -0.39 is 0 Å². The molecule has 4 heteroatoms. The number of aromatic nitrogens is 1. The largest absolute Gasteiger partial charge is 0.487 e. The van der Waals surface area contributed by atoms with Crippen LogP contribution in [-0.4, -0.2) is 11.2 Å². The van der Waals surface area contributed by atoms with Crippen LogP contribution in [0.15, 0.2) is 34.9 Å². The van der Waals surface area contributed by atoms with E-state index >= 15 is 0 Å². The topological polar surface area (TPSA) is 61.3 Å². The number of nitrogens with two attached hydrogens (primary N) is 1. The van der Waals surface area contributed by atoms with Crippen LogP contribution < -0.4 is 10.5 Å². The predicted molar refractivity (Wildman–Crippen MR) is 74.0 cm³/mol. The minimum absolute atomic E-state index is 0.227. The number of nitrogens with zero attached hydrogens (tertiary/aromatic N) is 1. The van der Waals surface area contributed by atoms with Gasteiger partial charge in [-0.15, -0.1) is 0 Å². The third-order valence-corrected chi connectivity index (χ3v) is 3.01. The van der Waals surface area contributed by atoms with E-state index in [1.807, 2.05) is 25.1 Å². The molecule has 0 amide bonds. The molecule has 102 valence electrons. The fourth-order valence-electron chi connectivity index (χ4n) is 1.81. The molecule has 0 saturated carbocycles. The van der Waals surface area contributed by atoms with Crippen LogP contribution in [0.3, 0.4) is 0 Å². The highest BCUT2D eigenvalue weighted by Crippen LogP contribution is 2.15. The second kappa shape index (κ2) is 6.38. The molecule has 2 rings (SSSR count). The van der Waals surface area contributed by atoms with Crippen molar-refractivity contribution in [3.8, 4) is 5.75 Å². The Morgan fingerprint density at radius 3 is 2.63 bits per heavy atom. The zero-order valence-corrected chi connectivity index (χ0v) is 11.4. The lowest BCUT2D eigenvalue weighted by molar-refractivity contribution is 0.288. The number of benzene rings is 1. The summed E-state index contributed by atoms with van der Waals surface area (Å²) in [4.78, 5) is 0. The van der Waals surface area contributed by atoms with Crippen molar-refractivity contribution in [1.29, 1.82) is 0 Å². The van der Waals surface area contributed by atoms with E-state index in [9.17, 15) is 0 Å². The average Bonchev–Trinajstić information content (AvgIpc) is 2.83. The highest BCUT2D eigenvalue weighted by Gasteiger charge is 2.03. The van der Waals surface area contributed by atoms with Crippen LogP contribution in [0.2, 0.25) is 0 Å². The van der Waals surface area contributed by atoms with Gasteiger partial charge in [0.05, 0.1) is 0 Å². The van der Waals surface area contributed by atoms with Crippen molar-refractivity contribution in [3.63, 3.8) is 0 Å². The first kappa shape index (κ1) is 13.6. The smallest absolute Gasteiger partial charge is 0.134 e. The van der Waals surface area contributed by atoms with Crippen LogP contribution in [0, 0.1) is 6.92 Å². The van der Waals surface area contributed by atoms with Gasteiger partial charge in [0.15, 0.2) is 0 Å². The van der Waals surface area contributed by atoms with Crippen molar-refractivity contribution in [3.05, 3.63) is 47.3 Å². The predicted octanol–water partition coefficient (Wildman–Crippen LogP) is 2.84. The number of hydrogen-bond donors (Lipinski definition) is 1. The monoisotopic (exact) mass is 260 g/mol. The summed E-state index contributed by atoms with van der Waals surface area (Å²) in [5, 5.41) is 3.88. The third kappa shape index (κ3) is 4.10. The van der Waals surface area contributed by atoms with Gasteiger partial charge in [-0.05, 0) is 37.5 Å². The Hall–Kier alpha value is -1.81. The first-order valence-electron chi connectivity index (χ1n) is 6.57. The van der Waals surface area contributed by atoms with Crippen LogP contribution in [0.5, 0.6) is 5.75 Å². The van der Waals surface area contributed by atoms with E-state index in [4.69, 9.17) is 15.0 Å². The molecular formula is C15H20N2O2. The SMILES string of the molecule is CCC(N)Cc1ccc(OCc2cc(C)on2)cc1. The first-order chi connectivity index (χ1) is 9.17. The van der Waals surface area contributed by atoms with Crippen molar-refractivity contribution in [1.82, 2.24) is 5.16 Å². The minimum atomic E-state index is 0.227. The summed E-state index contributed by atoms with van der Waals surface area (Å²) in [6.07, 6.45) is 1.89. The van der Waals surface area contributed by atoms with Crippen LogP contribution in [-0.2, 0) is 13.0 Å². The fraction of sp³-hybridized carbons (Fsp3) is 0.400. The van der Waals surface area contributed by atoms with Crippen molar-refractivity contribution in [2.75, 3.05) is 0 Å².